The van der Waals surface area contributed by atoms with E-state index in [9.17, 15) is 4.79 Å². The van der Waals surface area contributed by atoms with E-state index in [1.807, 2.05) is 6.92 Å². The molecule has 0 aromatic rings. The summed E-state index contributed by atoms with van der Waals surface area (Å²) in [5.41, 5.74) is 1.04. The summed E-state index contributed by atoms with van der Waals surface area (Å²) in [5, 5.41) is 6.63. The lowest BCUT2D eigenvalue weighted by Crippen LogP contribution is -2.44. The second-order valence-electron chi connectivity index (χ2n) is 5.87. The molecule has 0 aromatic carbocycles. The Morgan fingerprint density at radius 2 is 1.88 bits per heavy atom. The van der Waals surface area contributed by atoms with Gasteiger partial charge in [0.1, 0.15) is 0 Å². The van der Waals surface area contributed by atoms with Crippen LogP contribution in [-0.2, 0) is 4.79 Å². The molecule has 2 rings (SSSR count). The van der Waals surface area contributed by atoms with Gasteiger partial charge in [-0.1, -0.05) is 13.5 Å². The second-order valence-corrected chi connectivity index (χ2v) is 5.87. The molecule has 17 heavy (non-hydrogen) atoms. The van der Waals surface area contributed by atoms with Gasteiger partial charge in [-0.15, -0.1) is 0 Å². The summed E-state index contributed by atoms with van der Waals surface area (Å²) in [5.74, 6) is 2.22. The van der Waals surface area contributed by atoms with E-state index in [-0.39, 0.29) is 5.91 Å². The highest BCUT2D eigenvalue weighted by atomic mass is 16.1. The number of rotatable bonds is 3. The van der Waals surface area contributed by atoms with Gasteiger partial charge in [0.2, 0.25) is 5.91 Å². The molecular formula is C14H24N2O. The van der Waals surface area contributed by atoms with Gasteiger partial charge in [0.05, 0.1) is 0 Å². The van der Waals surface area contributed by atoms with Crippen molar-refractivity contribution in [2.24, 2.45) is 17.8 Å². The van der Waals surface area contributed by atoms with Crippen molar-refractivity contribution in [1.82, 2.24) is 10.6 Å². The summed E-state index contributed by atoms with van der Waals surface area (Å²) in [6.07, 6.45) is 3.59. The third-order valence-electron chi connectivity index (χ3n) is 4.41. The molecule has 0 unspecified atom stereocenters. The van der Waals surface area contributed by atoms with Crippen molar-refractivity contribution in [3.05, 3.63) is 12.3 Å². The average molecular weight is 236 g/mol. The number of carbonyl (C=O) groups excluding carboxylic acids is 1. The standard InChI is InChI=1S/C14H24N2O/c1-8(2)15-13-7-9(3)11-5-6-12(14(11)13)16-10(4)17/h9,11-15H,1,5-7H2,2-4H3,(H,16,17)/t9-,11+,12-,13+,14-/m0/s1. The molecule has 5 atom stereocenters. The SMILES string of the molecule is C=C(C)N[C@@H]1C[C@H](C)[C@H]2CC[C@H](NC(C)=O)[C@H]21. The van der Waals surface area contributed by atoms with Crippen LogP contribution in [0.5, 0.6) is 0 Å². The van der Waals surface area contributed by atoms with Crippen LogP contribution in [-0.4, -0.2) is 18.0 Å². The Kier molecular flexibility index (Phi) is 3.45. The average Bonchev–Trinajstić information content (AvgIpc) is 2.70. The van der Waals surface area contributed by atoms with Gasteiger partial charge < -0.3 is 10.6 Å². The summed E-state index contributed by atoms with van der Waals surface area (Å²) >= 11 is 0. The summed E-state index contributed by atoms with van der Waals surface area (Å²) in [6, 6.07) is 0.853. The molecule has 3 heteroatoms. The third kappa shape index (κ3) is 2.48. The van der Waals surface area contributed by atoms with Crippen molar-refractivity contribution in [2.45, 2.75) is 52.1 Å². The van der Waals surface area contributed by atoms with Crippen molar-refractivity contribution in [3.63, 3.8) is 0 Å². The largest absolute Gasteiger partial charge is 0.386 e. The van der Waals surface area contributed by atoms with Gasteiger partial charge in [0, 0.05) is 30.6 Å². The summed E-state index contributed by atoms with van der Waals surface area (Å²) in [4.78, 5) is 11.2. The van der Waals surface area contributed by atoms with Crippen molar-refractivity contribution in [3.8, 4) is 0 Å². The maximum atomic E-state index is 11.2. The first-order valence-electron chi connectivity index (χ1n) is 6.68. The molecule has 2 aliphatic carbocycles. The van der Waals surface area contributed by atoms with Crippen molar-refractivity contribution in [1.29, 1.82) is 0 Å². The fourth-order valence-corrected chi connectivity index (χ4v) is 3.93. The first-order chi connectivity index (χ1) is 7.99. The minimum atomic E-state index is 0.101. The van der Waals surface area contributed by atoms with E-state index in [1.165, 1.54) is 12.8 Å². The van der Waals surface area contributed by atoms with E-state index in [0.717, 1.165) is 24.0 Å². The number of hydrogen-bond acceptors (Lipinski definition) is 2. The van der Waals surface area contributed by atoms with E-state index in [2.05, 4.69) is 24.1 Å². The van der Waals surface area contributed by atoms with Crippen molar-refractivity contribution < 1.29 is 4.79 Å². The lowest BCUT2D eigenvalue weighted by molar-refractivity contribution is -0.119. The molecule has 0 heterocycles. The number of hydrogen-bond donors (Lipinski definition) is 2. The van der Waals surface area contributed by atoms with Gasteiger partial charge in [-0.2, -0.15) is 0 Å². The van der Waals surface area contributed by atoms with Crippen LogP contribution in [0.2, 0.25) is 0 Å². The molecule has 2 N–H and O–H groups in total. The predicted octanol–water partition coefficient (Wildman–Crippen LogP) is 2.05. The quantitative estimate of drug-likeness (QED) is 0.787. The zero-order valence-electron chi connectivity index (χ0n) is 11.1. The predicted molar refractivity (Wildman–Crippen MR) is 69.3 cm³/mol. The van der Waals surface area contributed by atoms with Crippen LogP contribution >= 0.6 is 0 Å². The Morgan fingerprint density at radius 3 is 2.47 bits per heavy atom. The second kappa shape index (κ2) is 4.71. The number of carbonyl (C=O) groups is 1. The van der Waals surface area contributed by atoms with E-state index in [1.54, 1.807) is 6.92 Å². The first-order valence-corrected chi connectivity index (χ1v) is 6.68. The van der Waals surface area contributed by atoms with Crippen LogP contribution in [0.25, 0.3) is 0 Å². The molecule has 96 valence electrons. The molecule has 2 saturated carbocycles. The molecule has 3 nitrogen and oxygen atoms in total. The lowest BCUT2D eigenvalue weighted by Gasteiger charge is -2.27. The van der Waals surface area contributed by atoms with Crippen LogP contribution in [0, 0.1) is 17.8 Å². The summed E-state index contributed by atoms with van der Waals surface area (Å²) < 4.78 is 0. The highest BCUT2D eigenvalue weighted by molar-refractivity contribution is 5.73. The molecule has 2 aliphatic rings. The Balaban J connectivity index is 2.09. The molecule has 0 spiro atoms. The van der Waals surface area contributed by atoms with Crippen LogP contribution in [0.1, 0.15) is 40.0 Å². The normalized spacial score (nSPS) is 39.8. The van der Waals surface area contributed by atoms with Crippen molar-refractivity contribution in [2.75, 3.05) is 0 Å². The molecule has 0 saturated heterocycles. The minimum Gasteiger partial charge on any atom is -0.386 e. The monoisotopic (exact) mass is 236 g/mol. The van der Waals surface area contributed by atoms with Crippen LogP contribution in [0.15, 0.2) is 12.3 Å². The van der Waals surface area contributed by atoms with E-state index < -0.39 is 0 Å². The Morgan fingerprint density at radius 1 is 1.18 bits per heavy atom. The van der Waals surface area contributed by atoms with E-state index in [0.29, 0.717) is 18.0 Å². The smallest absolute Gasteiger partial charge is 0.217 e. The maximum absolute atomic E-state index is 11.2. The molecule has 0 aliphatic heterocycles. The van der Waals surface area contributed by atoms with Gasteiger partial charge >= 0.3 is 0 Å². The van der Waals surface area contributed by atoms with Crippen LogP contribution in [0.3, 0.4) is 0 Å². The Labute approximate surface area is 104 Å². The molecule has 1 amide bonds. The van der Waals surface area contributed by atoms with Gasteiger partial charge in [-0.25, -0.2) is 0 Å². The van der Waals surface area contributed by atoms with Crippen LogP contribution < -0.4 is 10.6 Å². The molecule has 0 bridgehead atoms. The van der Waals surface area contributed by atoms with Gasteiger partial charge in [-0.3, -0.25) is 4.79 Å². The number of allylic oxidation sites excluding steroid dienone is 1. The fraction of sp³-hybridized carbons (Fsp3) is 0.786. The number of fused-ring (bicyclic) bond motifs is 1. The summed E-state index contributed by atoms with van der Waals surface area (Å²) in [6.45, 7) is 9.92. The molecule has 2 fully saturated rings. The van der Waals surface area contributed by atoms with Gasteiger partial charge in [0.25, 0.3) is 0 Å². The fourth-order valence-electron chi connectivity index (χ4n) is 3.93. The molecular weight excluding hydrogens is 212 g/mol. The molecule has 0 aromatic heterocycles. The Bertz CT molecular complexity index is 326. The first kappa shape index (κ1) is 12.5. The van der Waals surface area contributed by atoms with E-state index in [4.69, 9.17) is 0 Å². The lowest BCUT2D eigenvalue weighted by atomic mass is 9.91. The Hall–Kier alpha value is -0.990. The van der Waals surface area contributed by atoms with E-state index >= 15 is 0 Å². The van der Waals surface area contributed by atoms with Gasteiger partial charge in [0.15, 0.2) is 0 Å². The maximum Gasteiger partial charge on any atom is 0.217 e. The highest BCUT2D eigenvalue weighted by Gasteiger charge is 2.48. The van der Waals surface area contributed by atoms with Crippen LogP contribution in [0.4, 0.5) is 0 Å². The zero-order chi connectivity index (χ0) is 12.6. The topological polar surface area (TPSA) is 41.1 Å². The number of amides is 1. The zero-order valence-corrected chi connectivity index (χ0v) is 11.1. The number of nitrogens with one attached hydrogen (secondary N) is 2. The minimum absolute atomic E-state index is 0.101. The van der Waals surface area contributed by atoms with Gasteiger partial charge in [-0.05, 0) is 38.0 Å². The third-order valence-corrected chi connectivity index (χ3v) is 4.41. The molecule has 0 radical (unpaired) electrons. The van der Waals surface area contributed by atoms with Crippen molar-refractivity contribution >= 4 is 5.91 Å². The highest BCUT2D eigenvalue weighted by Crippen LogP contribution is 2.47. The summed E-state index contributed by atoms with van der Waals surface area (Å²) in [7, 11) is 0.